The van der Waals surface area contributed by atoms with Gasteiger partial charge in [0.15, 0.2) is 0 Å². The van der Waals surface area contributed by atoms with Gasteiger partial charge in [-0.25, -0.2) is 4.79 Å². The van der Waals surface area contributed by atoms with Gasteiger partial charge in [-0.2, -0.15) is 0 Å². The molecule has 0 atom stereocenters. The number of hydrogen-bond donors (Lipinski definition) is 0. The van der Waals surface area contributed by atoms with Crippen LogP contribution in [0.2, 0.25) is 0 Å². The molecule has 1 aliphatic rings. The third-order valence-electron chi connectivity index (χ3n) is 3.38. The van der Waals surface area contributed by atoms with E-state index in [-0.39, 0.29) is 5.92 Å². The Morgan fingerprint density at radius 3 is 2.55 bits per heavy atom. The SMILES string of the molecule is CC(C)c1ccccc1OC(=O)C(=CC=O)N1CCC1. The highest BCUT2D eigenvalue weighted by Gasteiger charge is 2.24. The van der Waals surface area contributed by atoms with E-state index < -0.39 is 5.97 Å². The third kappa shape index (κ3) is 3.07. The molecule has 1 fully saturated rings. The van der Waals surface area contributed by atoms with Crippen molar-refractivity contribution >= 4 is 12.3 Å². The van der Waals surface area contributed by atoms with Gasteiger partial charge >= 0.3 is 5.97 Å². The molecule has 1 heterocycles. The highest BCUT2D eigenvalue weighted by atomic mass is 16.5. The number of allylic oxidation sites excluding steroid dienone is 1. The summed E-state index contributed by atoms with van der Waals surface area (Å²) in [5.41, 5.74) is 1.32. The van der Waals surface area contributed by atoms with E-state index in [2.05, 4.69) is 0 Å². The standard InChI is InChI=1S/C16H19NO3/c1-12(2)13-6-3-4-7-15(13)20-16(19)14(8-11-18)17-9-5-10-17/h3-4,6-8,11-12H,5,9-10H2,1-2H3. The highest BCUT2D eigenvalue weighted by molar-refractivity contribution is 5.93. The molecule has 1 aromatic carbocycles. The minimum Gasteiger partial charge on any atom is -0.422 e. The maximum Gasteiger partial charge on any atom is 0.360 e. The molecule has 1 saturated heterocycles. The van der Waals surface area contributed by atoms with E-state index in [1.54, 1.807) is 6.07 Å². The summed E-state index contributed by atoms with van der Waals surface area (Å²) in [5, 5.41) is 0. The van der Waals surface area contributed by atoms with Crippen LogP contribution in [0.25, 0.3) is 0 Å². The van der Waals surface area contributed by atoms with Crippen molar-refractivity contribution in [1.82, 2.24) is 4.90 Å². The fourth-order valence-corrected chi connectivity index (χ4v) is 2.13. The van der Waals surface area contributed by atoms with Crippen LogP contribution in [0.1, 0.15) is 31.7 Å². The van der Waals surface area contributed by atoms with E-state index in [0.717, 1.165) is 25.1 Å². The van der Waals surface area contributed by atoms with E-state index in [9.17, 15) is 9.59 Å². The van der Waals surface area contributed by atoms with E-state index in [1.165, 1.54) is 6.08 Å². The Labute approximate surface area is 119 Å². The molecule has 0 spiro atoms. The Bertz CT molecular complexity index is 530. The minimum atomic E-state index is -0.468. The first-order chi connectivity index (χ1) is 9.63. The number of hydrogen-bond acceptors (Lipinski definition) is 4. The predicted molar refractivity (Wildman–Crippen MR) is 76.5 cm³/mol. The fourth-order valence-electron chi connectivity index (χ4n) is 2.13. The van der Waals surface area contributed by atoms with Crippen LogP contribution < -0.4 is 4.74 Å². The second-order valence-corrected chi connectivity index (χ2v) is 5.11. The van der Waals surface area contributed by atoms with Crippen LogP contribution in [-0.4, -0.2) is 30.2 Å². The van der Waals surface area contributed by atoms with Crippen molar-refractivity contribution in [2.45, 2.75) is 26.2 Å². The van der Waals surface area contributed by atoms with Gasteiger partial charge in [0.1, 0.15) is 17.7 Å². The lowest BCUT2D eigenvalue weighted by Gasteiger charge is -2.33. The van der Waals surface area contributed by atoms with Crippen molar-refractivity contribution in [3.63, 3.8) is 0 Å². The fraction of sp³-hybridized carbons (Fsp3) is 0.375. The van der Waals surface area contributed by atoms with Crippen molar-refractivity contribution in [2.75, 3.05) is 13.1 Å². The first-order valence-corrected chi connectivity index (χ1v) is 6.85. The maximum absolute atomic E-state index is 12.2. The van der Waals surface area contributed by atoms with Gasteiger partial charge in [-0.05, 0) is 24.0 Å². The van der Waals surface area contributed by atoms with Gasteiger partial charge in [-0.15, -0.1) is 0 Å². The molecule has 2 rings (SSSR count). The number of rotatable bonds is 5. The van der Waals surface area contributed by atoms with Gasteiger partial charge < -0.3 is 9.64 Å². The lowest BCUT2D eigenvalue weighted by atomic mass is 10.0. The molecule has 0 aliphatic carbocycles. The number of likely N-dealkylation sites (tertiary alicyclic amines) is 1. The molecule has 4 nitrogen and oxygen atoms in total. The summed E-state index contributed by atoms with van der Waals surface area (Å²) in [6.07, 6.45) is 2.94. The molecule has 106 valence electrons. The lowest BCUT2D eigenvalue weighted by Crippen LogP contribution is -2.40. The monoisotopic (exact) mass is 273 g/mol. The van der Waals surface area contributed by atoms with Gasteiger partial charge in [0.25, 0.3) is 0 Å². The van der Waals surface area contributed by atoms with Gasteiger partial charge in [0, 0.05) is 19.2 Å². The topological polar surface area (TPSA) is 46.6 Å². The van der Waals surface area contributed by atoms with Gasteiger partial charge in [0.05, 0.1) is 0 Å². The Hall–Kier alpha value is -2.10. The Kier molecular flexibility index (Phi) is 4.56. The molecular weight excluding hydrogens is 254 g/mol. The van der Waals surface area contributed by atoms with Gasteiger partial charge in [-0.3, -0.25) is 4.79 Å². The van der Waals surface area contributed by atoms with Crippen LogP contribution in [-0.2, 0) is 9.59 Å². The van der Waals surface area contributed by atoms with Crippen molar-refractivity contribution in [2.24, 2.45) is 0 Å². The van der Waals surface area contributed by atoms with E-state index in [0.29, 0.717) is 17.7 Å². The Morgan fingerprint density at radius 2 is 2.00 bits per heavy atom. The zero-order valence-electron chi connectivity index (χ0n) is 11.8. The number of ether oxygens (including phenoxy) is 1. The summed E-state index contributed by atoms with van der Waals surface area (Å²) in [6, 6.07) is 7.48. The summed E-state index contributed by atoms with van der Waals surface area (Å²) in [6.45, 7) is 5.68. The van der Waals surface area contributed by atoms with Crippen LogP contribution in [0.15, 0.2) is 36.0 Å². The second kappa shape index (κ2) is 6.37. The molecule has 0 unspecified atom stereocenters. The van der Waals surface area contributed by atoms with Crippen LogP contribution >= 0.6 is 0 Å². The van der Waals surface area contributed by atoms with Gasteiger partial charge in [0.2, 0.25) is 0 Å². The molecule has 20 heavy (non-hydrogen) atoms. The predicted octanol–water partition coefficient (Wildman–Crippen LogP) is 2.50. The molecule has 0 amide bonds. The maximum atomic E-state index is 12.2. The number of carbonyl (C=O) groups excluding carboxylic acids is 2. The van der Waals surface area contributed by atoms with Crippen molar-refractivity contribution in [1.29, 1.82) is 0 Å². The van der Waals surface area contributed by atoms with Gasteiger partial charge in [-0.1, -0.05) is 32.0 Å². The number of nitrogens with zero attached hydrogens (tertiary/aromatic N) is 1. The first-order valence-electron chi connectivity index (χ1n) is 6.85. The molecule has 1 aliphatic heterocycles. The zero-order chi connectivity index (χ0) is 14.5. The van der Waals surface area contributed by atoms with E-state index >= 15 is 0 Å². The average Bonchev–Trinajstić information content (AvgIpc) is 2.36. The van der Waals surface area contributed by atoms with E-state index in [1.807, 2.05) is 36.9 Å². The molecule has 0 aromatic heterocycles. The second-order valence-electron chi connectivity index (χ2n) is 5.11. The summed E-state index contributed by atoms with van der Waals surface area (Å²) >= 11 is 0. The number of para-hydroxylation sites is 1. The van der Waals surface area contributed by atoms with Crippen molar-refractivity contribution in [3.8, 4) is 5.75 Å². The van der Waals surface area contributed by atoms with E-state index in [4.69, 9.17) is 4.74 Å². The molecule has 1 aromatic rings. The summed E-state index contributed by atoms with van der Waals surface area (Å²) < 4.78 is 5.47. The van der Waals surface area contributed by atoms with Crippen LogP contribution in [0.5, 0.6) is 5.75 Å². The highest BCUT2D eigenvalue weighted by Crippen LogP contribution is 2.27. The number of esters is 1. The molecule has 0 radical (unpaired) electrons. The minimum absolute atomic E-state index is 0.265. The third-order valence-corrected chi connectivity index (χ3v) is 3.38. The first kappa shape index (κ1) is 14.3. The summed E-state index contributed by atoms with van der Waals surface area (Å²) in [5.74, 6) is 0.358. The number of benzene rings is 1. The molecular formula is C16H19NO3. The normalized spacial score (nSPS) is 14.9. The van der Waals surface area contributed by atoms with Crippen molar-refractivity contribution < 1.29 is 14.3 Å². The molecule has 0 N–H and O–H groups in total. The Balaban J connectivity index is 2.18. The molecule has 0 saturated carbocycles. The largest absolute Gasteiger partial charge is 0.422 e. The molecule has 0 bridgehead atoms. The van der Waals surface area contributed by atoms with Crippen LogP contribution in [0.4, 0.5) is 0 Å². The smallest absolute Gasteiger partial charge is 0.360 e. The van der Waals surface area contributed by atoms with Crippen LogP contribution in [0, 0.1) is 0 Å². The summed E-state index contributed by atoms with van der Waals surface area (Å²) in [7, 11) is 0. The Morgan fingerprint density at radius 1 is 1.30 bits per heavy atom. The van der Waals surface area contributed by atoms with Crippen LogP contribution in [0.3, 0.4) is 0 Å². The number of carbonyl (C=O) groups is 2. The molecule has 4 heteroatoms. The average molecular weight is 273 g/mol. The summed E-state index contributed by atoms with van der Waals surface area (Å²) in [4.78, 5) is 24.8. The quantitative estimate of drug-likeness (QED) is 0.358. The zero-order valence-corrected chi connectivity index (χ0v) is 11.8. The van der Waals surface area contributed by atoms with Crippen molar-refractivity contribution in [3.05, 3.63) is 41.6 Å². The lowest BCUT2D eigenvalue weighted by molar-refractivity contribution is -0.132. The number of aldehydes is 1.